The number of aryl methyl sites for hydroxylation is 1. The molecular formula is C32H42N6O4. The van der Waals surface area contributed by atoms with Gasteiger partial charge in [0.1, 0.15) is 23.0 Å². The molecule has 1 aliphatic heterocycles. The molecule has 0 atom stereocenters. The van der Waals surface area contributed by atoms with Crippen molar-refractivity contribution in [3.8, 4) is 0 Å². The van der Waals surface area contributed by atoms with Crippen molar-refractivity contribution in [1.82, 2.24) is 19.4 Å². The molecular weight excluding hydrogens is 532 g/mol. The molecule has 0 radical (unpaired) electrons. The molecule has 2 aliphatic rings. The third-order valence-electron chi connectivity index (χ3n) is 7.94. The van der Waals surface area contributed by atoms with Gasteiger partial charge in [0.2, 0.25) is 0 Å². The summed E-state index contributed by atoms with van der Waals surface area (Å²) in [5.74, 6) is 1.69. The molecule has 10 heteroatoms. The number of carbonyl (C=O) groups excluding carboxylic acids is 1. The third-order valence-corrected chi connectivity index (χ3v) is 7.94. The summed E-state index contributed by atoms with van der Waals surface area (Å²) in [5, 5.41) is 4.23. The maximum absolute atomic E-state index is 13.8. The van der Waals surface area contributed by atoms with Crippen molar-refractivity contribution in [3.63, 3.8) is 0 Å². The van der Waals surface area contributed by atoms with Crippen LogP contribution in [0.3, 0.4) is 0 Å². The van der Waals surface area contributed by atoms with E-state index in [9.17, 15) is 9.59 Å². The van der Waals surface area contributed by atoms with Crippen LogP contribution in [0, 0.1) is 6.92 Å². The number of hydrogen-bond donors (Lipinski definition) is 1. The van der Waals surface area contributed by atoms with Crippen LogP contribution >= 0.6 is 0 Å². The summed E-state index contributed by atoms with van der Waals surface area (Å²) < 4.78 is 13.1. The van der Waals surface area contributed by atoms with E-state index in [1.54, 1.807) is 4.90 Å². The van der Waals surface area contributed by atoms with Gasteiger partial charge in [0.15, 0.2) is 0 Å². The Balaban J connectivity index is 1.34. The molecule has 1 saturated heterocycles. The second-order valence-corrected chi connectivity index (χ2v) is 12.0. The van der Waals surface area contributed by atoms with E-state index in [4.69, 9.17) is 9.47 Å². The summed E-state index contributed by atoms with van der Waals surface area (Å²) in [6, 6.07) is 6.02. The number of fused-ring (bicyclic) bond motifs is 1. The second kappa shape index (κ2) is 12.0. The monoisotopic (exact) mass is 574 g/mol. The van der Waals surface area contributed by atoms with E-state index in [1.165, 1.54) is 0 Å². The zero-order chi connectivity index (χ0) is 30.0. The lowest BCUT2D eigenvalue weighted by Gasteiger charge is -2.36. The Morgan fingerprint density at radius 1 is 1.07 bits per heavy atom. The fourth-order valence-electron chi connectivity index (χ4n) is 5.88. The maximum atomic E-state index is 13.8. The highest BCUT2D eigenvalue weighted by molar-refractivity contribution is 5.88. The summed E-state index contributed by atoms with van der Waals surface area (Å²) in [5.41, 5.74) is 2.64. The number of amides is 1. The summed E-state index contributed by atoms with van der Waals surface area (Å²) in [7, 11) is 0. The molecule has 0 bridgehead atoms. The van der Waals surface area contributed by atoms with Gasteiger partial charge < -0.3 is 29.2 Å². The molecule has 10 nitrogen and oxygen atoms in total. The van der Waals surface area contributed by atoms with Crippen LogP contribution in [-0.2, 0) is 9.47 Å². The minimum absolute atomic E-state index is 0.0586. The number of aromatic nitrogens is 3. The van der Waals surface area contributed by atoms with Gasteiger partial charge in [0.05, 0.1) is 29.6 Å². The molecule has 1 saturated carbocycles. The van der Waals surface area contributed by atoms with Gasteiger partial charge in [0.25, 0.3) is 5.56 Å². The Kier molecular flexibility index (Phi) is 8.43. The van der Waals surface area contributed by atoms with E-state index < -0.39 is 5.60 Å². The van der Waals surface area contributed by atoms with Crippen LogP contribution in [0.2, 0.25) is 0 Å². The number of hydrogen-bond acceptors (Lipinski definition) is 8. The summed E-state index contributed by atoms with van der Waals surface area (Å²) in [6.07, 6.45) is 7.53. The zero-order valence-corrected chi connectivity index (χ0v) is 25.4. The minimum Gasteiger partial charge on any atom is -0.494 e. The van der Waals surface area contributed by atoms with Gasteiger partial charge in [-0.05, 0) is 65.2 Å². The number of carbonyl (C=O) groups is 1. The van der Waals surface area contributed by atoms with Crippen molar-refractivity contribution in [2.45, 2.75) is 71.9 Å². The van der Waals surface area contributed by atoms with Gasteiger partial charge in [-0.3, -0.25) is 4.79 Å². The molecule has 4 heterocycles. The summed E-state index contributed by atoms with van der Waals surface area (Å²) in [6.45, 7) is 16.6. The van der Waals surface area contributed by atoms with Gasteiger partial charge in [0, 0.05) is 49.9 Å². The van der Waals surface area contributed by atoms with E-state index in [0.29, 0.717) is 55.7 Å². The smallest absolute Gasteiger partial charge is 0.410 e. The van der Waals surface area contributed by atoms with E-state index in [0.717, 1.165) is 47.8 Å². The second-order valence-electron chi connectivity index (χ2n) is 12.0. The highest BCUT2D eigenvalue weighted by Gasteiger charge is 2.27. The number of rotatable bonds is 7. The van der Waals surface area contributed by atoms with Crippen LogP contribution in [-0.4, -0.2) is 63.9 Å². The average molecular weight is 575 g/mol. The van der Waals surface area contributed by atoms with E-state index in [1.807, 2.05) is 69.8 Å². The van der Waals surface area contributed by atoms with E-state index >= 15 is 0 Å². The first-order chi connectivity index (χ1) is 20.1. The first-order valence-corrected chi connectivity index (χ1v) is 14.9. The van der Waals surface area contributed by atoms with Crippen LogP contribution in [0.15, 0.2) is 42.0 Å². The molecule has 0 spiro atoms. The number of anilines is 3. The Morgan fingerprint density at radius 2 is 1.76 bits per heavy atom. The molecule has 5 rings (SSSR count). The lowest BCUT2D eigenvalue weighted by atomic mass is 10.0. The number of nitrogens with one attached hydrogen (secondary N) is 1. The van der Waals surface area contributed by atoms with E-state index in [2.05, 4.69) is 26.8 Å². The molecule has 3 aromatic heterocycles. The zero-order valence-electron chi connectivity index (χ0n) is 25.4. The fourth-order valence-corrected chi connectivity index (χ4v) is 5.88. The quantitative estimate of drug-likeness (QED) is 0.342. The van der Waals surface area contributed by atoms with Crippen molar-refractivity contribution in [1.29, 1.82) is 0 Å². The van der Waals surface area contributed by atoms with Crippen molar-refractivity contribution in [2.75, 3.05) is 43.0 Å². The van der Waals surface area contributed by atoms with Crippen molar-refractivity contribution in [3.05, 3.63) is 58.7 Å². The number of nitrogens with zero attached hydrogens (tertiary/aromatic N) is 5. The van der Waals surface area contributed by atoms with E-state index in [-0.39, 0.29) is 17.7 Å². The largest absolute Gasteiger partial charge is 0.494 e. The van der Waals surface area contributed by atoms with Crippen LogP contribution < -0.4 is 15.8 Å². The third kappa shape index (κ3) is 6.22. The molecule has 1 amide bonds. The van der Waals surface area contributed by atoms with Gasteiger partial charge in [-0.15, -0.1) is 0 Å². The Bertz CT molecular complexity index is 1510. The van der Waals surface area contributed by atoms with Crippen molar-refractivity contribution < 1.29 is 14.3 Å². The molecule has 2 fully saturated rings. The van der Waals surface area contributed by atoms with Crippen LogP contribution in [0.25, 0.3) is 16.7 Å². The van der Waals surface area contributed by atoms with Crippen molar-refractivity contribution in [2.24, 2.45) is 0 Å². The molecule has 224 valence electrons. The summed E-state index contributed by atoms with van der Waals surface area (Å²) in [4.78, 5) is 39.5. The fraction of sp³-hybridized carbons (Fsp3) is 0.500. The van der Waals surface area contributed by atoms with Crippen molar-refractivity contribution >= 4 is 40.1 Å². The maximum Gasteiger partial charge on any atom is 0.410 e. The number of piperazine rings is 1. The van der Waals surface area contributed by atoms with Crippen LogP contribution in [0.1, 0.15) is 70.5 Å². The number of pyridine rings is 3. The Hall–Kier alpha value is -4.08. The molecule has 3 aromatic rings. The SMILES string of the molecule is C=C(OCC)c1c(C)c2cnc(Nc3ccc(N4CCN(C(=O)OC(C)(C)C)CC4)cn3)cc2n(C2CCCC2)c1=O. The molecule has 1 aliphatic carbocycles. The predicted molar refractivity (Wildman–Crippen MR) is 166 cm³/mol. The normalized spacial score (nSPS) is 16.1. The van der Waals surface area contributed by atoms with Crippen LogP contribution in [0.4, 0.5) is 22.1 Å². The van der Waals surface area contributed by atoms with Gasteiger partial charge >= 0.3 is 6.09 Å². The van der Waals surface area contributed by atoms with Gasteiger partial charge in [-0.2, -0.15) is 0 Å². The minimum atomic E-state index is -0.505. The molecule has 42 heavy (non-hydrogen) atoms. The first kappa shape index (κ1) is 29.4. The lowest BCUT2D eigenvalue weighted by molar-refractivity contribution is 0.0240. The summed E-state index contributed by atoms with van der Waals surface area (Å²) >= 11 is 0. The first-order valence-electron chi connectivity index (χ1n) is 14.9. The standard InChI is InChI=1S/C32H42N6O4/c1-7-41-22(3)29-21(2)25-20-34-28(18-26(25)38(30(29)39)23-10-8-9-11-23)35-27-13-12-24(19-33-27)36-14-16-37(17-15-36)31(40)42-32(4,5)6/h12-13,18-20,23H,3,7-11,14-17H2,1-2,4-6H3,(H,33,34,35). The topological polar surface area (TPSA) is 102 Å². The predicted octanol–water partition coefficient (Wildman–Crippen LogP) is 6.02. The van der Waals surface area contributed by atoms with Gasteiger partial charge in [-0.25, -0.2) is 14.8 Å². The highest BCUT2D eigenvalue weighted by atomic mass is 16.6. The Labute approximate surface area is 247 Å². The molecule has 1 N–H and O–H groups in total. The molecule has 0 aromatic carbocycles. The molecule has 0 unspecified atom stereocenters. The highest BCUT2D eigenvalue weighted by Crippen LogP contribution is 2.34. The lowest BCUT2D eigenvalue weighted by Crippen LogP contribution is -2.50. The van der Waals surface area contributed by atoms with Gasteiger partial charge in [-0.1, -0.05) is 19.4 Å². The average Bonchev–Trinajstić information content (AvgIpc) is 3.47. The van der Waals surface area contributed by atoms with Crippen LogP contribution in [0.5, 0.6) is 0 Å². The number of ether oxygens (including phenoxy) is 2. The Morgan fingerprint density at radius 3 is 2.38 bits per heavy atom.